The van der Waals surface area contributed by atoms with Crippen LogP contribution in [0.3, 0.4) is 0 Å². The van der Waals surface area contributed by atoms with E-state index in [9.17, 15) is 0 Å². The molecule has 0 amide bonds. The van der Waals surface area contributed by atoms with Gasteiger partial charge in [-0.15, -0.1) is 0 Å². The Morgan fingerprint density at radius 3 is 2.82 bits per heavy atom. The summed E-state index contributed by atoms with van der Waals surface area (Å²) >= 11 is 0. The predicted octanol–water partition coefficient (Wildman–Crippen LogP) is 2.25. The molecule has 0 atom stereocenters. The summed E-state index contributed by atoms with van der Waals surface area (Å²) in [6.45, 7) is 5.42. The Balaban J connectivity index is 2.44. The summed E-state index contributed by atoms with van der Waals surface area (Å²) in [7, 11) is 0. The summed E-state index contributed by atoms with van der Waals surface area (Å²) in [5, 5.41) is 4.24. The second-order valence-electron chi connectivity index (χ2n) is 2.82. The number of aryl methyl sites for hydroxylation is 2. The van der Waals surface area contributed by atoms with Gasteiger partial charge in [-0.05, 0) is 18.4 Å². The van der Waals surface area contributed by atoms with Crippen LogP contribution in [0.4, 0.5) is 0 Å². The average Bonchev–Trinajstić information content (AvgIpc) is 2.48. The zero-order valence-corrected chi connectivity index (χ0v) is 7.38. The highest BCUT2D eigenvalue weighted by Gasteiger charge is 1.93. The topological polar surface area (TPSA) is 17.8 Å². The lowest BCUT2D eigenvalue weighted by Crippen LogP contribution is -1.96. The molecule has 0 aromatic carbocycles. The highest BCUT2D eigenvalue weighted by atomic mass is 15.3. The van der Waals surface area contributed by atoms with E-state index in [0.29, 0.717) is 0 Å². The third kappa shape index (κ3) is 2.37. The van der Waals surface area contributed by atoms with Gasteiger partial charge in [-0.1, -0.05) is 20.3 Å². The normalized spacial score (nSPS) is 10.4. The molecule has 1 rings (SSSR count). The van der Waals surface area contributed by atoms with E-state index in [1.54, 1.807) is 0 Å². The molecular formula is C9H16N2. The molecule has 62 valence electrons. The molecule has 0 saturated carbocycles. The van der Waals surface area contributed by atoms with E-state index in [1.165, 1.54) is 18.4 Å². The summed E-state index contributed by atoms with van der Waals surface area (Å²) in [6.07, 6.45) is 7.64. The van der Waals surface area contributed by atoms with E-state index < -0.39 is 0 Å². The van der Waals surface area contributed by atoms with E-state index >= 15 is 0 Å². The van der Waals surface area contributed by atoms with E-state index in [1.807, 2.05) is 10.9 Å². The maximum atomic E-state index is 4.24. The van der Waals surface area contributed by atoms with Crippen molar-refractivity contribution >= 4 is 0 Å². The van der Waals surface area contributed by atoms with Gasteiger partial charge in [0.1, 0.15) is 0 Å². The molecule has 0 N–H and O–H groups in total. The van der Waals surface area contributed by atoms with Crippen LogP contribution in [-0.2, 0) is 13.0 Å². The van der Waals surface area contributed by atoms with Crippen molar-refractivity contribution in [1.82, 2.24) is 9.78 Å². The first kappa shape index (κ1) is 8.31. The quantitative estimate of drug-likeness (QED) is 0.647. The Morgan fingerprint density at radius 2 is 2.27 bits per heavy atom. The van der Waals surface area contributed by atoms with Crippen LogP contribution in [0.25, 0.3) is 0 Å². The Kier molecular flexibility index (Phi) is 3.14. The maximum Gasteiger partial charge on any atom is 0.0521 e. The van der Waals surface area contributed by atoms with Gasteiger partial charge in [-0.25, -0.2) is 0 Å². The number of unbranched alkanes of at least 4 members (excludes halogenated alkanes) is 1. The van der Waals surface area contributed by atoms with Crippen LogP contribution in [-0.4, -0.2) is 9.78 Å². The lowest BCUT2D eigenvalue weighted by molar-refractivity contribution is 0.571. The van der Waals surface area contributed by atoms with Crippen molar-refractivity contribution in [3.8, 4) is 0 Å². The molecule has 1 aromatic heterocycles. The fraction of sp³-hybridized carbons (Fsp3) is 0.667. The van der Waals surface area contributed by atoms with Crippen molar-refractivity contribution in [3.63, 3.8) is 0 Å². The first-order chi connectivity index (χ1) is 5.36. The molecule has 0 fully saturated rings. The van der Waals surface area contributed by atoms with Crippen LogP contribution in [0, 0.1) is 0 Å². The van der Waals surface area contributed by atoms with Gasteiger partial charge < -0.3 is 0 Å². The lowest BCUT2D eigenvalue weighted by Gasteiger charge is -1.96. The Hall–Kier alpha value is -0.790. The van der Waals surface area contributed by atoms with E-state index in [2.05, 4.69) is 25.1 Å². The third-order valence-electron chi connectivity index (χ3n) is 1.84. The van der Waals surface area contributed by atoms with Crippen LogP contribution in [0.5, 0.6) is 0 Å². The highest BCUT2D eigenvalue weighted by Crippen LogP contribution is 1.99. The van der Waals surface area contributed by atoms with Crippen molar-refractivity contribution in [2.75, 3.05) is 0 Å². The molecule has 1 heterocycles. The van der Waals surface area contributed by atoms with Gasteiger partial charge in [-0.3, -0.25) is 4.68 Å². The summed E-state index contributed by atoms with van der Waals surface area (Å²) in [5.74, 6) is 0. The summed E-state index contributed by atoms with van der Waals surface area (Å²) in [6, 6.07) is 0. The fourth-order valence-electron chi connectivity index (χ4n) is 1.03. The lowest BCUT2D eigenvalue weighted by atomic mass is 10.3. The smallest absolute Gasteiger partial charge is 0.0521 e. The molecule has 0 saturated heterocycles. The monoisotopic (exact) mass is 152 g/mol. The first-order valence-electron chi connectivity index (χ1n) is 4.38. The molecule has 0 bridgehead atoms. The molecule has 0 spiro atoms. The number of hydrogen-bond acceptors (Lipinski definition) is 1. The van der Waals surface area contributed by atoms with Crippen LogP contribution in [0.15, 0.2) is 12.4 Å². The third-order valence-corrected chi connectivity index (χ3v) is 1.84. The number of nitrogens with zero attached hydrogens (tertiary/aromatic N) is 2. The van der Waals surface area contributed by atoms with Gasteiger partial charge in [-0.2, -0.15) is 5.10 Å². The second-order valence-corrected chi connectivity index (χ2v) is 2.82. The minimum absolute atomic E-state index is 1.07. The SMILES string of the molecule is CCCCn1cc(CC)cn1. The van der Waals surface area contributed by atoms with E-state index in [0.717, 1.165) is 13.0 Å². The largest absolute Gasteiger partial charge is 0.272 e. The summed E-state index contributed by atoms with van der Waals surface area (Å²) in [4.78, 5) is 0. The Labute approximate surface area is 68.2 Å². The standard InChI is InChI=1S/C9H16N2/c1-3-5-6-11-8-9(4-2)7-10-11/h7-8H,3-6H2,1-2H3. The average molecular weight is 152 g/mol. The van der Waals surface area contributed by atoms with Crippen LogP contribution in [0.2, 0.25) is 0 Å². The molecule has 0 aliphatic heterocycles. The zero-order chi connectivity index (χ0) is 8.10. The van der Waals surface area contributed by atoms with Gasteiger partial charge in [0.25, 0.3) is 0 Å². The first-order valence-corrected chi connectivity index (χ1v) is 4.38. The van der Waals surface area contributed by atoms with Gasteiger partial charge in [0, 0.05) is 12.7 Å². The van der Waals surface area contributed by atoms with E-state index in [-0.39, 0.29) is 0 Å². The van der Waals surface area contributed by atoms with Crippen LogP contribution >= 0.6 is 0 Å². The molecule has 0 radical (unpaired) electrons. The Morgan fingerprint density at radius 1 is 1.45 bits per heavy atom. The molecule has 0 aliphatic carbocycles. The van der Waals surface area contributed by atoms with Crippen molar-refractivity contribution in [1.29, 1.82) is 0 Å². The molecular weight excluding hydrogens is 136 g/mol. The van der Waals surface area contributed by atoms with Gasteiger partial charge in [0.05, 0.1) is 6.20 Å². The van der Waals surface area contributed by atoms with Crippen molar-refractivity contribution < 1.29 is 0 Å². The number of aromatic nitrogens is 2. The number of rotatable bonds is 4. The highest BCUT2D eigenvalue weighted by molar-refractivity contribution is 5.02. The zero-order valence-electron chi connectivity index (χ0n) is 7.38. The molecule has 1 aromatic rings. The van der Waals surface area contributed by atoms with Crippen molar-refractivity contribution in [2.45, 2.75) is 39.7 Å². The minimum atomic E-state index is 1.07. The van der Waals surface area contributed by atoms with Gasteiger partial charge >= 0.3 is 0 Å². The predicted molar refractivity (Wildman–Crippen MR) is 46.5 cm³/mol. The Bertz CT molecular complexity index is 203. The molecule has 0 aliphatic rings. The maximum absolute atomic E-state index is 4.24. The van der Waals surface area contributed by atoms with Gasteiger partial charge in [0.2, 0.25) is 0 Å². The fourth-order valence-corrected chi connectivity index (χ4v) is 1.03. The van der Waals surface area contributed by atoms with Crippen molar-refractivity contribution in [3.05, 3.63) is 18.0 Å². The van der Waals surface area contributed by atoms with E-state index in [4.69, 9.17) is 0 Å². The van der Waals surface area contributed by atoms with Crippen LogP contribution < -0.4 is 0 Å². The molecule has 0 unspecified atom stereocenters. The number of hydrogen-bond donors (Lipinski definition) is 0. The van der Waals surface area contributed by atoms with Crippen LogP contribution in [0.1, 0.15) is 32.3 Å². The second kappa shape index (κ2) is 4.16. The minimum Gasteiger partial charge on any atom is -0.272 e. The molecule has 11 heavy (non-hydrogen) atoms. The van der Waals surface area contributed by atoms with Crippen molar-refractivity contribution in [2.24, 2.45) is 0 Å². The molecule has 2 nitrogen and oxygen atoms in total. The summed E-state index contributed by atoms with van der Waals surface area (Å²) < 4.78 is 2.03. The molecule has 2 heteroatoms. The van der Waals surface area contributed by atoms with Gasteiger partial charge in [0.15, 0.2) is 0 Å². The summed E-state index contributed by atoms with van der Waals surface area (Å²) in [5.41, 5.74) is 1.33.